The first kappa shape index (κ1) is 48.9. The summed E-state index contributed by atoms with van der Waals surface area (Å²) in [6.07, 6.45) is 0. The highest BCUT2D eigenvalue weighted by Gasteiger charge is 2.53. The first-order valence-electron chi connectivity index (χ1n) is 29.6. The maximum atomic E-state index is 6.82. The highest BCUT2D eigenvalue weighted by atomic mass is 16.3. The van der Waals surface area contributed by atoms with Crippen LogP contribution in [0.25, 0.3) is 88.7 Å². The van der Waals surface area contributed by atoms with Crippen molar-refractivity contribution in [2.24, 2.45) is 0 Å². The Balaban J connectivity index is 0.960. The van der Waals surface area contributed by atoms with E-state index in [9.17, 15) is 0 Å². The number of anilines is 6. The molecule has 3 nitrogen and oxygen atoms in total. The second-order valence-electron chi connectivity index (χ2n) is 23.4. The van der Waals surface area contributed by atoms with Gasteiger partial charge in [0.2, 0.25) is 0 Å². The van der Waals surface area contributed by atoms with Crippen LogP contribution in [-0.4, -0.2) is 0 Å². The fraction of sp³-hybridized carbons (Fsp3) is 0.0488. The summed E-state index contributed by atoms with van der Waals surface area (Å²) in [7, 11) is 0. The largest absolute Gasteiger partial charge is 0.456 e. The van der Waals surface area contributed by atoms with E-state index in [1.165, 1.54) is 89.1 Å². The lowest BCUT2D eigenvalue weighted by atomic mass is 9.70. The lowest BCUT2D eigenvalue weighted by Gasteiger charge is -2.35. The number of para-hydroxylation sites is 3. The molecule has 0 radical (unpaired) electrons. The molecule has 0 N–H and O–H groups in total. The van der Waals surface area contributed by atoms with Crippen molar-refractivity contribution in [1.29, 1.82) is 0 Å². The van der Waals surface area contributed by atoms with Gasteiger partial charge in [-0.2, -0.15) is 0 Å². The van der Waals surface area contributed by atoms with Gasteiger partial charge >= 0.3 is 0 Å². The quantitative estimate of drug-likeness (QED) is 0.144. The maximum Gasteiger partial charge on any atom is 0.136 e. The van der Waals surface area contributed by atoms with Crippen LogP contribution in [0.1, 0.15) is 47.2 Å². The third kappa shape index (κ3) is 7.20. The van der Waals surface area contributed by atoms with Gasteiger partial charge in [-0.25, -0.2) is 0 Å². The van der Waals surface area contributed by atoms with Crippen molar-refractivity contribution in [1.82, 2.24) is 0 Å². The summed E-state index contributed by atoms with van der Waals surface area (Å²) in [6.45, 7) is 4.81. The van der Waals surface area contributed by atoms with E-state index in [-0.39, 0.29) is 5.41 Å². The Hall–Kier alpha value is -10.7. The zero-order valence-electron chi connectivity index (χ0n) is 47.2. The highest BCUT2D eigenvalue weighted by molar-refractivity contribution is 6.16. The molecule has 3 aliphatic carbocycles. The number of furan rings is 1. The van der Waals surface area contributed by atoms with E-state index in [2.05, 4.69) is 327 Å². The van der Waals surface area contributed by atoms with Crippen LogP contribution in [0.5, 0.6) is 0 Å². The number of hydrogen-bond donors (Lipinski definition) is 0. The second kappa shape index (κ2) is 18.9. The molecule has 0 aliphatic heterocycles. The minimum absolute atomic E-state index is 0.290. The van der Waals surface area contributed by atoms with Gasteiger partial charge in [-0.05, 0) is 156 Å². The molecule has 1 atom stereocenters. The Morgan fingerprint density at radius 2 is 0.753 bits per heavy atom. The van der Waals surface area contributed by atoms with E-state index in [1.54, 1.807) is 0 Å². The van der Waals surface area contributed by atoms with Gasteiger partial charge in [-0.15, -0.1) is 0 Å². The normalized spacial score (nSPS) is 14.6. The van der Waals surface area contributed by atoms with Crippen LogP contribution in [0.2, 0.25) is 0 Å². The molecule has 1 heterocycles. The van der Waals surface area contributed by atoms with Gasteiger partial charge in [0, 0.05) is 44.4 Å². The fourth-order valence-electron chi connectivity index (χ4n) is 15.1. The lowest BCUT2D eigenvalue weighted by Crippen LogP contribution is -2.27. The second-order valence-corrected chi connectivity index (χ2v) is 23.4. The summed E-state index contributed by atoms with van der Waals surface area (Å²) in [5.41, 5.74) is 29.4. The average Bonchev–Trinajstić information content (AvgIpc) is 1.52. The molecule has 17 rings (SSSR count). The topological polar surface area (TPSA) is 19.6 Å². The first-order chi connectivity index (χ1) is 41.9. The summed E-state index contributed by atoms with van der Waals surface area (Å²) in [5.74, 6) is 0. The van der Waals surface area contributed by atoms with Gasteiger partial charge in [0.05, 0.1) is 22.5 Å². The standard InChI is InChI=1S/C82H56N2O/c1-81(2)68-35-17-12-32-63(68)65-34-22-39-75(80(65)81)84(74-38-20-15-30-61(74)56-27-10-5-11-28-56)59-45-47-64-62-31-13-18-36-69(62)82(71(64)52-59)70-49-50-77-79(67-33-16-21-40-76(67)85-77)78(70)66-48-46-58(51-72(66)82)83(57-43-41-54(42-44-57)53-23-6-3-7-24-53)73-37-19-14-29-60(73)55-25-8-4-9-26-55/h3-52H,1-2H3. The van der Waals surface area contributed by atoms with Crippen LogP contribution in [0.4, 0.5) is 34.1 Å². The fourth-order valence-corrected chi connectivity index (χ4v) is 15.1. The molecule has 13 aromatic carbocycles. The molecule has 400 valence electrons. The van der Waals surface area contributed by atoms with Crippen molar-refractivity contribution in [3.8, 4) is 66.8 Å². The zero-order valence-corrected chi connectivity index (χ0v) is 47.2. The maximum absolute atomic E-state index is 6.82. The molecular formula is C82H56N2O. The third-order valence-electron chi connectivity index (χ3n) is 18.7. The molecule has 1 unspecified atom stereocenters. The number of rotatable bonds is 9. The number of benzene rings is 13. The molecule has 85 heavy (non-hydrogen) atoms. The van der Waals surface area contributed by atoms with Crippen molar-refractivity contribution in [2.75, 3.05) is 9.80 Å². The smallest absolute Gasteiger partial charge is 0.136 e. The molecule has 14 aromatic rings. The van der Waals surface area contributed by atoms with Crippen LogP contribution >= 0.6 is 0 Å². The predicted octanol–water partition coefficient (Wildman–Crippen LogP) is 22.2. The van der Waals surface area contributed by atoms with Crippen LogP contribution in [0.3, 0.4) is 0 Å². The van der Waals surface area contributed by atoms with Gasteiger partial charge in [-0.1, -0.05) is 250 Å². The van der Waals surface area contributed by atoms with Crippen LogP contribution < -0.4 is 9.80 Å². The lowest BCUT2D eigenvalue weighted by molar-refractivity contribution is 0.661. The molecule has 0 amide bonds. The van der Waals surface area contributed by atoms with Crippen LogP contribution in [-0.2, 0) is 10.8 Å². The molecule has 0 fully saturated rings. The van der Waals surface area contributed by atoms with E-state index in [1.807, 2.05) is 0 Å². The van der Waals surface area contributed by atoms with Crippen molar-refractivity contribution >= 4 is 56.1 Å². The van der Waals surface area contributed by atoms with E-state index >= 15 is 0 Å². The van der Waals surface area contributed by atoms with Crippen molar-refractivity contribution < 1.29 is 4.42 Å². The Kier molecular flexibility index (Phi) is 10.9. The van der Waals surface area contributed by atoms with Crippen LogP contribution in [0.15, 0.2) is 308 Å². The average molecular weight is 1090 g/mol. The molecule has 0 bridgehead atoms. The Labute approximate surface area is 495 Å². The van der Waals surface area contributed by atoms with Crippen molar-refractivity contribution in [3.63, 3.8) is 0 Å². The summed E-state index contributed by atoms with van der Waals surface area (Å²) < 4.78 is 6.82. The summed E-state index contributed by atoms with van der Waals surface area (Å²) in [5, 5.41) is 2.26. The van der Waals surface area contributed by atoms with E-state index in [0.29, 0.717) is 0 Å². The van der Waals surface area contributed by atoms with Gasteiger partial charge < -0.3 is 14.2 Å². The summed E-state index contributed by atoms with van der Waals surface area (Å²) in [4.78, 5) is 5.06. The Bertz CT molecular complexity index is 4980. The van der Waals surface area contributed by atoms with Gasteiger partial charge in [0.15, 0.2) is 0 Å². The van der Waals surface area contributed by atoms with Crippen molar-refractivity contribution in [3.05, 3.63) is 337 Å². The van der Waals surface area contributed by atoms with Crippen molar-refractivity contribution in [2.45, 2.75) is 24.7 Å². The predicted molar refractivity (Wildman–Crippen MR) is 353 cm³/mol. The highest BCUT2D eigenvalue weighted by Crippen LogP contribution is 2.66. The molecular weight excluding hydrogens is 1030 g/mol. The number of fused-ring (bicyclic) bond motifs is 17. The zero-order chi connectivity index (χ0) is 56.4. The minimum Gasteiger partial charge on any atom is -0.456 e. The SMILES string of the molecule is CC1(C)c2ccccc2-c2cccc(N(c3ccc4c(c3)C3(c5ccccc5-4)c4cc(N(c5ccc(-c6ccccc6)cc5)c5ccccc5-c5ccccc5)ccc4-c4c3ccc3oc5ccccc5c43)c3ccccc3-c3ccccc3)c21. The molecule has 0 saturated carbocycles. The Morgan fingerprint density at radius 1 is 0.282 bits per heavy atom. The van der Waals surface area contributed by atoms with E-state index in [0.717, 1.165) is 67.1 Å². The van der Waals surface area contributed by atoms with Gasteiger partial charge in [0.25, 0.3) is 0 Å². The molecule has 1 spiro atoms. The number of hydrogen-bond acceptors (Lipinski definition) is 3. The first-order valence-corrected chi connectivity index (χ1v) is 29.6. The summed E-state index contributed by atoms with van der Waals surface area (Å²) in [6, 6.07) is 112. The van der Waals surface area contributed by atoms with Crippen LogP contribution in [0, 0.1) is 0 Å². The molecule has 1 aromatic heterocycles. The van der Waals surface area contributed by atoms with Gasteiger partial charge in [-0.3, -0.25) is 0 Å². The molecule has 3 aliphatic rings. The summed E-state index contributed by atoms with van der Waals surface area (Å²) >= 11 is 0. The van der Waals surface area contributed by atoms with E-state index < -0.39 is 5.41 Å². The third-order valence-corrected chi connectivity index (χ3v) is 18.7. The minimum atomic E-state index is -0.768. The molecule has 3 heteroatoms. The number of nitrogens with zero attached hydrogens (tertiary/aromatic N) is 2. The molecule has 0 saturated heterocycles. The monoisotopic (exact) mass is 1080 g/mol. The van der Waals surface area contributed by atoms with Gasteiger partial charge in [0.1, 0.15) is 11.2 Å². The van der Waals surface area contributed by atoms with E-state index in [4.69, 9.17) is 4.42 Å². The Morgan fingerprint density at radius 3 is 1.44 bits per heavy atom.